The molecule has 0 radical (unpaired) electrons. The first-order chi connectivity index (χ1) is 8.12. The molecule has 1 heterocycles. The first-order valence-corrected chi connectivity index (χ1v) is 6.73. The molecule has 0 spiro atoms. The zero-order chi connectivity index (χ0) is 12.5. The molecular weight excluding hydrogens is 212 g/mol. The molecule has 4 heteroatoms. The third-order valence-electron chi connectivity index (χ3n) is 3.98. The first-order valence-electron chi connectivity index (χ1n) is 6.73. The lowest BCUT2D eigenvalue weighted by molar-refractivity contribution is 0.267. The van der Waals surface area contributed by atoms with Crippen molar-refractivity contribution >= 4 is 11.5 Å². The Kier molecular flexibility index (Phi) is 3.31. The molecule has 1 aliphatic carbocycles. The van der Waals surface area contributed by atoms with E-state index in [9.17, 15) is 0 Å². The zero-order valence-corrected chi connectivity index (χ0v) is 11.2. The molecule has 96 valence electrons. The van der Waals surface area contributed by atoms with Crippen LogP contribution in [0.1, 0.15) is 51.6 Å². The van der Waals surface area contributed by atoms with E-state index in [1.807, 2.05) is 11.6 Å². The average molecular weight is 236 g/mol. The van der Waals surface area contributed by atoms with Gasteiger partial charge in [0.2, 0.25) is 0 Å². The number of nitrogens with one attached hydrogen (secondary N) is 1. The van der Waals surface area contributed by atoms with Crippen LogP contribution < -0.4 is 11.1 Å². The minimum Gasteiger partial charge on any atom is -0.394 e. The lowest BCUT2D eigenvalue weighted by Crippen LogP contribution is -2.45. The predicted molar refractivity (Wildman–Crippen MR) is 72.2 cm³/mol. The van der Waals surface area contributed by atoms with Crippen LogP contribution >= 0.6 is 0 Å². The fourth-order valence-electron chi connectivity index (χ4n) is 2.52. The molecule has 0 saturated heterocycles. The van der Waals surface area contributed by atoms with Gasteiger partial charge in [-0.3, -0.25) is 0 Å². The second-order valence-electron chi connectivity index (χ2n) is 5.18. The number of nitrogens with two attached hydrogens (primary N) is 1. The van der Waals surface area contributed by atoms with Crippen LogP contribution in [0.15, 0.2) is 0 Å². The third kappa shape index (κ3) is 2.13. The fraction of sp³-hybridized carbons (Fsp3) is 0.769. The second kappa shape index (κ2) is 4.59. The number of hydrogen-bond donors (Lipinski definition) is 2. The number of nitrogen functional groups attached to an aromatic ring is 1. The standard InChI is InChI=1S/C13H24N4/c1-4-9-17-12(11(14)10(3)16-17)15-13(5-2)7-6-8-13/h15H,4-9,14H2,1-3H3. The Morgan fingerprint density at radius 2 is 2.12 bits per heavy atom. The van der Waals surface area contributed by atoms with Crippen molar-refractivity contribution in [3.63, 3.8) is 0 Å². The molecule has 1 aliphatic rings. The summed E-state index contributed by atoms with van der Waals surface area (Å²) in [7, 11) is 0. The first kappa shape index (κ1) is 12.3. The van der Waals surface area contributed by atoms with Gasteiger partial charge >= 0.3 is 0 Å². The zero-order valence-electron chi connectivity index (χ0n) is 11.2. The minimum atomic E-state index is 0.270. The van der Waals surface area contributed by atoms with E-state index in [1.54, 1.807) is 0 Å². The van der Waals surface area contributed by atoms with E-state index in [4.69, 9.17) is 5.73 Å². The number of aromatic nitrogens is 2. The van der Waals surface area contributed by atoms with Crippen molar-refractivity contribution in [2.75, 3.05) is 11.1 Å². The van der Waals surface area contributed by atoms with Gasteiger partial charge in [0.05, 0.1) is 11.4 Å². The van der Waals surface area contributed by atoms with E-state index >= 15 is 0 Å². The Morgan fingerprint density at radius 3 is 2.59 bits per heavy atom. The van der Waals surface area contributed by atoms with Crippen LogP contribution in [0, 0.1) is 6.92 Å². The summed E-state index contributed by atoms with van der Waals surface area (Å²) in [5.74, 6) is 1.03. The van der Waals surface area contributed by atoms with Crippen molar-refractivity contribution in [3.05, 3.63) is 5.69 Å². The molecule has 4 nitrogen and oxygen atoms in total. The Morgan fingerprint density at radius 1 is 1.41 bits per heavy atom. The van der Waals surface area contributed by atoms with Crippen molar-refractivity contribution in [2.45, 2.75) is 65.0 Å². The Labute approximate surface area is 104 Å². The topological polar surface area (TPSA) is 55.9 Å². The molecule has 3 N–H and O–H groups in total. The van der Waals surface area contributed by atoms with E-state index in [0.29, 0.717) is 0 Å². The van der Waals surface area contributed by atoms with Gasteiger partial charge in [0.1, 0.15) is 5.82 Å². The monoisotopic (exact) mass is 236 g/mol. The van der Waals surface area contributed by atoms with E-state index in [-0.39, 0.29) is 5.54 Å². The highest BCUT2D eigenvalue weighted by atomic mass is 15.3. The van der Waals surface area contributed by atoms with Crippen LogP contribution in [-0.2, 0) is 6.54 Å². The number of aryl methyl sites for hydroxylation is 2. The molecule has 0 aliphatic heterocycles. The Bertz CT molecular complexity index is 385. The average Bonchev–Trinajstić information content (AvgIpc) is 2.51. The van der Waals surface area contributed by atoms with Gasteiger partial charge in [-0.1, -0.05) is 13.8 Å². The van der Waals surface area contributed by atoms with Gasteiger partial charge in [-0.2, -0.15) is 5.10 Å². The third-order valence-corrected chi connectivity index (χ3v) is 3.98. The van der Waals surface area contributed by atoms with Gasteiger partial charge in [-0.15, -0.1) is 0 Å². The van der Waals surface area contributed by atoms with Crippen LogP contribution in [-0.4, -0.2) is 15.3 Å². The largest absolute Gasteiger partial charge is 0.394 e. The van der Waals surface area contributed by atoms with Crippen LogP contribution in [0.5, 0.6) is 0 Å². The molecule has 1 saturated carbocycles. The molecule has 0 bridgehead atoms. The Balaban J connectivity index is 2.24. The quantitative estimate of drug-likeness (QED) is 0.826. The molecule has 17 heavy (non-hydrogen) atoms. The highest BCUT2D eigenvalue weighted by molar-refractivity contribution is 5.65. The summed E-state index contributed by atoms with van der Waals surface area (Å²) >= 11 is 0. The fourth-order valence-corrected chi connectivity index (χ4v) is 2.52. The van der Waals surface area contributed by atoms with Crippen molar-refractivity contribution in [1.29, 1.82) is 0 Å². The van der Waals surface area contributed by atoms with Gasteiger partial charge in [-0.05, 0) is 39.0 Å². The molecule has 0 amide bonds. The number of nitrogens with zero attached hydrogens (tertiary/aromatic N) is 2. The number of hydrogen-bond acceptors (Lipinski definition) is 3. The Hall–Kier alpha value is -1.19. The van der Waals surface area contributed by atoms with E-state index in [1.165, 1.54) is 19.3 Å². The van der Waals surface area contributed by atoms with Gasteiger partial charge in [-0.25, -0.2) is 4.68 Å². The molecular formula is C13H24N4. The lowest BCUT2D eigenvalue weighted by Gasteiger charge is -2.42. The lowest BCUT2D eigenvalue weighted by atomic mass is 9.75. The summed E-state index contributed by atoms with van der Waals surface area (Å²) in [4.78, 5) is 0. The van der Waals surface area contributed by atoms with E-state index in [2.05, 4.69) is 24.3 Å². The summed E-state index contributed by atoms with van der Waals surface area (Å²) in [6.07, 6.45) is 6.05. The maximum atomic E-state index is 6.13. The predicted octanol–water partition coefficient (Wildman–Crippen LogP) is 2.93. The molecule has 0 atom stereocenters. The van der Waals surface area contributed by atoms with Crippen molar-refractivity contribution in [2.24, 2.45) is 0 Å². The second-order valence-corrected chi connectivity index (χ2v) is 5.18. The molecule has 2 rings (SSSR count). The molecule has 1 aromatic rings. The van der Waals surface area contributed by atoms with Crippen LogP contribution in [0.3, 0.4) is 0 Å². The van der Waals surface area contributed by atoms with Crippen molar-refractivity contribution in [1.82, 2.24) is 9.78 Å². The van der Waals surface area contributed by atoms with Gasteiger partial charge in [0.25, 0.3) is 0 Å². The van der Waals surface area contributed by atoms with Crippen LogP contribution in [0.25, 0.3) is 0 Å². The SMILES string of the molecule is CCCn1nc(C)c(N)c1NC1(CC)CCC1. The summed E-state index contributed by atoms with van der Waals surface area (Å²) in [6.45, 7) is 7.32. The molecule has 1 fully saturated rings. The molecule has 0 aromatic carbocycles. The smallest absolute Gasteiger partial charge is 0.148 e. The normalized spacial score (nSPS) is 17.8. The van der Waals surface area contributed by atoms with Crippen LogP contribution in [0.2, 0.25) is 0 Å². The highest BCUT2D eigenvalue weighted by Crippen LogP contribution is 2.39. The van der Waals surface area contributed by atoms with Crippen molar-refractivity contribution in [3.8, 4) is 0 Å². The summed E-state index contributed by atoms with van der Waals surface area (Å²) in [5, 5.41) is 8.17. The summed E-state index contributed by atoms with van der Waals surface area (Å²) in [5.41, 5.74) is 8.15. The maximum absolute atomic E-state index is 6.13. The minimum absolute atomic E-state index is 0.270. The maximum Gasteiger partial charge on any atom is 0.148 e. The molecule has 0 unspecified atom stereocenters. The van der Waals surface area contributed by atoms with E-state index < -0.39 is 0 Å². The summed E-state index contributed by atoms with van der Waals surface area (Å²) < 4.78 is 2.03. The highest BCUT2D eigenvalue weighted by Gasteiger charge is 2.36. The number of rotatable bonds is 5. The van der Waals surface area contributed by atoms with Gasteiger partial charge < -0.3 is 11.1 Å². The van der Waals surface area contributed by atoms with Gasteiger partial charge in [0, 0.05) is 12.1 Å². The molecule has 1 aromatic heterocycles. The number of anilines is 2. The van der Waals surface area contributed by atoms with Gasteiger partial charge in [0.15, 0.2) is 0 Å². The van der Waals surface area contributed by atoms with E-state index in [0.717, 1.165) is 36.6 Å². The van der Waals surface area contributed by atoms with Crippen molar-refractivity contribution < 1.29 is 0 Å². The van der Waals surface area contributed by atoms with Crippen LogP contribution in [0.4, 0.5) is 11.5 Å². The summed E-state index contributed by atoms with van der Waals surface area (Å²) in [6, 6.07) is 0.